The highest BCUT2D eigenvalue weighted by molar-refractivity contribution is 6.51. The molecule has 184 valence electrons. The lowest BCUT2D eigenvalue weighted by atomic mass is 9.94. The van der Waals surface area contributed by atoms with E-state index in [9.17, 15) is 19.5 Å². The number of hydrogen-bond acceptors (Lipinski definition) is 6. The molecule has 0 spiro atoms. The lowest BCUT2D eigenvalue weighted by molar-refractivity contribution is -0.132. The number of nitrogens with zero attached hydrogens (tertiary/aromatic N) is 1. The first kappa shape index (κ1) is 24.7. The van der Waals surface area contributed by atoms with Crippen molar-refractivity contribution in [1.29, 1.82) is 0 Å². The zero-order valence-electron chi connectivity index (χ0n) is 20.6. The number of carbonyl (C=O) groups is 3. The number of aliphatic hydroxyl groups excluding tert-OH is 1. The second kappa shape index (κ2) is 10.1. The summed E-state index contributed by atoms with van der Waals surface area (Å²) in [4.78, 5) is 39.7. The number of anilines is 1. The van der Waals surface area contributed by atoms with Crippen LogP contribution in [0.2, 0.25) is 0 Å². The summed E-state index contributed by atoms with van der Waals surface area (Å²) in [6, 6.07) is 18.0. The molecule has 3 aromatic rings. The lowest BCUT2D eigenvalue weighted by Gasteiger charge is -2.26. The molecule has 0 aromatic heterocycles. The maximum Gasteiger partial charge on any atom is 0.308 e. The summed E-state index contributed by atoms with van der Waals surface area (Å²) < 4.78 is 10.8. The van der Waals surface area contributed by atoms with Crippen molar-refractivity contribution in [3.8, 4) is 11.5 Å². The van der Waals surface area contributed by atoms with Crippen LogP contribution in [-0.2, 0) is 14.4 Å². The molecular formula is C29H27NO6. The summed E-state index contributed by atoms with van der Waals surface area (Å²) in [6.07, 6.45) is 0. The number of benzene rings is 3. The predicted octanol–water partition coefficient (Wildman–Crippen LogP) is 5.25. The molecule has 0 bridgehead atoms. The Morgan fingerprint density at radius 3 is 2.28 bits per heavy atom. The predicted molar refractivity (Wildman–Crippen MR) is 136 cm³/mol. The van der Waals surface area contributed by atoms with E-state index in [-0.39, 0.29) is 17.1 Å². The molecule has 1 unspecified atom stereocenters. The van der Waals surface area contributed by atoms with Crippen LogP contribution in [-0.4, -0.2) is 29.4 Å². The number of ketones is 1. The minimum Gasteiger partial charge on any atom is -0.507 e. The van der Waals surface area contributed by atoms with Crippen LogP contribution in [0.1, 0.15) is 42.1 Å². The van der Waals surface area contributed by atoms with Gasteiger partial charge in [-0.25, -0.2) is 0 Å². The molecule has 0 radical (unpaired) electrons. The Bertz CT molecular complexity index is 1370. The van der Waals surface area contributed by atoms with E-state index in [0.29, 0.717) is 29.2 Å². The summed E-state index contributed by atoms with van der Waals surface area (Å²) >= 11 is 0. The van der Waals surface area contributed by atoms with Crippen molar-refractivity contribution in [1.82, 2.24) is 0 Å². The fourth-order valence-electron chi connectivity index (χ4n) is 4.47. The van der Waals surface area contributed by atoms with Crippen molar-refractivity contribution in [3.05, 3.63) is 94.6 Å². The minimum absolute atomic E-state index is 0.0622. The van der Waals surface area contributed by atoms with E-state index in [4.69, 9.17) is 9.47 Å². The number of Topliss-reactive ketones (excluding diaryl/α,β-unsaturated/α-hetero) is 1. The second-order valence-corrected chi connectivity index (χ2v) is 8.64. The van der Waals surface area contributed by atoms with E-state index in [1.807, 2.05) is 39.0 Å². The molecule has 1 atom stereocenters. The Morgan fingerprint density at radius 2 is 1.61 bits per heavy atom. The third-order valence-electron chi connectivity index (χ3n) is 5.78. The first-order valence-electron chi connectivity index (χ1n) is 11.6. The Hall–Kier alpha value is -4.39. The average Bonchev–Trinajstić information content (AvgIpc) is 3.08. The lowest BCUT2D eigenvalue weighted by Crippen LogP contribution is -2.29. The van der Waals surface area contributed by atoms with Crippen LogP contribution in [0.25, 0.3) is 5.76 Å². The number of ether oxygens (including phenoxy) is 2. The second-order valence-electron chi connectivity index (χ2n) is 8.64. The number of esters is 1. The summed E-state index contributed by atoms with van der Waals surface area (Å²) in [5.41, 5.74) is 3.16. The molecule has 4 rings (SSSR count). The van der Waals surface area contributed by atoms with E-state index < -0.39 is 23.7 Å². The van der Waals surface area contributed by atoms with Gasteiger partial charge in [0, 0.05) is 18.2 Å². The van der Waals surface area contributed by atoms with Crippen LogP contribution in [0.5, 0.6) is 11.5 Å². The summed E-state index contributed by atoms with van der Waals surface area (Å²) in [6.45, 7) is 7.38. The number of hydrogen-bond donors (Lipinski definition) is 1. The van der Waals surface area contributed by atoms with E-state index in [1.54, 1.807) is 48.5 Å². The van der Waals surface area contributed by atoms with Gasteiger partial charge in [0.2, 0.25) is 0 Å². The van der Waals surface area contributed by atoms with Crippen molar-refractivity contribution in [2.75, 3.05) is 11.5 Å². The zero-order chi connectivity index (χ0) is 26.0. The van der Waals surface area contributed by atoms with Gasteiger partial charge in [-0.1, -0.05) is 30.3 Å². The molecule has 1 aliphatic rings. The van der Waals surface area contributed by atoms with Crippen LogP contribution < -0.4 is 14.4 Å². The van der Waals surface area contributed by atoms with Gasteiger partial charge in [-0.3, -0.25) is 19.3 Å². The molecule has 7 heteroatoms. The summed E-state index contributed by atoms with van der Waals surface area (Å²) in [7, 11) is 0. The van der Waals surface area contributed by atoms with E-state index in [2.05, 4.69) is 0 Å². The van der Waals surface area contributed by atoms with Gasteiger partial charge in [-0.05, 0) is 73.9 Å². The van der Waals surface area contributed by atoms with Gasteiger partial charge in [0.1, 0.15) is 17.3 Å². The standard InChI is InChI=1S/C29H27NO6/c1-5-35-23-10-7-9-21(16-23)27(32)25-26(20-8-6-11-24(15-20)36-19(4)31)30(29(34)28(25)33)22-13-17(2)12-18(3)14-22/h6-16,26,32H,5H2,1-4H3/b27-25+. The number of carbonyl (C=O) groups excluding carboxylic acids is 3. The third-order valence-corrected chi connectivity index (χ3v) is 5.78. The zero-order valence-corrected chi connectivity index (χ0v) is 20.6. The highest BCUT2D eigenvalue weighted by Crippen LogP contribution is 2.43. The molecule has 1 N–H and O–H groups in total. The fraction of sp³-hybridized carbons (Fsp3) is 0.207. The Kier molecular flexibility index (Phi) is 6.92. The number of aliphatic hydroxyl groups is 1. The van der Waals surface area contributed by atoms with Crippen LogP contribution in [0.4, 0.5) is 5.69 Å². The van der Waals surface area contributed by atoms with Crippen molar-refractivity contribution in [3.63, 3.8) is 0 Å². The van der Waals surface area contributed by atoms with Crippen LogP contribution in [0.15, 0.2) is 72.3 Å². The van der Waals surface area contributed by atoms with Gasteiger partial charge in [0.25, 0.3) is 11.7 Å². The maximum absolute atomic E-state index is 13.4. The van der Waals surface area contributed by atoms with Crippen molar-refractivity contribution in [2.24, 2.45) is 0 Å². The molecular weight excluding hydrogens is 458 g/mol. The first-order chi connectivity index (χ1) is 17.2. The van der Waals surface area contributed by atoms with E-state index in [1.165, 1.54) is 11.8 Å². The number of aryl methyl sites for hydroxylation is 2. The maximum atomic E-state index is 13.4. The van der Waals surface area contributed by atoms with Crippen molar-refractivity contribution >= 4 is 29.1 Å². The quantitative estimate of drug-likeness (QED) is 0.168. The average molecular weight is 486 g/mol. The third kappa shape index (κ3) is 4.86. The van der Waals surface area contributed by atoms with E-state index >= 15 is 0 Å². The first-order valence-corrected chi connectivity index (χ1v) is 11.6. The molecule has 7 nitrogen and oxygen atoms in total. The Morgan fingerprint density at radius 1 is 0.944 bits per heavy atom. The van der Waals surface area contributed by atoms with Crippen molar-refractivity contribution < 1.29 is 29.0 Å². The molecule has 1 heterocycles. The fourth-order valence-corrected chi connectivity index (χ4v) is 4.47. The highest BCUT2D eigenvalue weighted by atomic mass is 16.5. The molecule has 1 fully saturated rings. The Labute approximate surface area is 209 Å². The van der Waals surface area contributed by atoms with Crippen LogP contribution >= 0.6 is 0 Å². The van der Waals surface area contributed by atoms with Crippen LogP contribution in [0, 0.1) is 13.8 Å². The summed E-state index contributed by atoms with van der Waals surface area (Å²) in [5.74, 6) is -1.59. The van der Waals surface area contributed by atoms with Gasteiger partial charge < -0.3 is 14.6 Å². The van der Waals surface area contributed by atoms with Gasteiger partial charge in [0.15, 0.2) is 0 Å². The van der Waals surface area contributed by atoms with Gasteiger partial charge in [0.05, 0.1) is 18.2 Å². The van der Waals surface area contributed by atoms with Gasteiger partial charge in [-0.15, -0.1) is 0 Å². The molecule has 3 aromatic carbocycles. The van der Waals surface area contributed by atoms with Crippen LogP contribution in [0.3, 0.4) is 0 Å². The smallest absolute Gasteiger partial charge is 0.308 e. The minimum atomic E-state index is -0.947. The monoisotopic (exact) mass is 485 g/mol. The molecule has 36 heavy (non-hydrogen) atoms. The normalized spacial score (nSPS) is 16.8. The van der Waals surface area contributed by atoms with E-state index in [0.717, 1.165) is 11.1 Å². The molecule has 0 aliphatic carbocycles. The molecule has 1 amide bonds. The number of rotatable bonds is 6. The Balaban J connectivity index is 1.95. The van der Waals surface area contributed by atoms with Crippen molar-refractivity contribution in [2.45, 2.75) is 33.7 Å². The largest absolute Gasteiger partial charge is 0.507 e. The molecule has 1 saturated heterocycles. The highest BCUT2D eigenvalue weighted by Gasteiger charge is 2.47. The SMILES string of the molecule is CCOc1cccc(/C(O)=C2\C(=O)C(=O)N(c3cc(C)cc(C)c3)C2c2cccc(OC(C)=O)c2)c1. The molecule has 0 saturated carbocycles. The van der Waals surface area contributed by atoms with Gasteiger partial charge in [-0.2, -0.15) is 0 Å². The van der Waals surface area contributed by atoms with Gasteiger partial charge >= 0.3 is 5.97 Å². The topological polar surface area (TPSA) is 93.1 Å². The number of amides is 1. The molecule has 1 aliphatic heterocycles. The summed E-state index contributed by atoms with van der Waals surface area (Å²) in [5, 5.41) is 11.4.